The van der Waals surface area contributed by atoms with Crippen LogP contribution in [0.1, 0.15) is 15.9 Å². The minimum Gasteiger partial charge on any atom is -0.465 e. The van der Waals surface area contributed by atoms with Crippen LogP contribution in [0.4, 0.5) is 15.1 Å². The summed E-state index contributed by atoms with van der Waals surface area (Å²) in [6.07, 6.45) is 2.63. The second kappa shape index (κ2) is 9.10. The molecule has 1 amide bonds. The maximum absolute atomic E-state index is 13.2. The van der Waals surface area contributed by atoms with E-state index in [4.69, 9.17) is 4.74 Å². The van der Waals surface area contributed by atoms with E-state index in [0.717, 1.165) is 11.3 Å². The summed E-state index contributed by atoms with van der Waals surface area (Å²) in [4.78, 5) is 34.9. The van der Waals surface area contributed by atoms with E-state index in [1.807, 2.05) is 0 Å². The summed E-state index contributed by atoms with van der Waals surface area (Å²) in [6.45, 7) is 0. The molecule has 1 aromatic heterocycles. The molecule has 0 aliphatic carbocycles. The fourth-order valence-electron chi connectivity index (χ4n) is 2.66. The predicted molar refractivity (Wildman–Crippen MR) is 112 cm³/mol. The Hall–Kier alpha value is -3.85. The van der Waals surface area contributed by atoms with Crippen molar-refractivity contribution in [3.63, 3.8) is 0 Å². The monoisotopic (exact) mass is 426 g/mol. The summed E-state index contributed by atoms with van der Waals surface area (Å²) in [6, 6.07) is 11.4. The topological polar surface area (TPSA) is 98.5 Å². The third-order valence-electron chi connectivity index (χ3n) is 4.08. The molecule has 0 aliphatic rings. The van der Waals surface area contributed by atoms with E-state index >= 15 is 0 Å². The minimum atomic E-state index is -0.645. The zero-order chi connectivity index (χ0) is 21.7. The molecule has 1 heterocycles. The molecule has 0 atom stereocenters. The SMILES string of the molecule is COC(=O)c1c(-c2ccc(F)cc2)csc1NC(=O)C=Cc1cccc([N+](=O)[O-])c1. The number of nitro benzene ring substituents is 1. The Bertz CT molecular complexity index is 1140. The van der Waals surface area contributed by atoms with Crippen LogP contribution in [0.15, 0.2) is 60.0 Å². The molecule has 0 saturated carbocycles. The van der Waals surface area contributed by atoms with Gasteiger partial charge in [-0.3, -0.25) is 14.9 Å². The summed E-state index contributed by atoms with van der Waals surface area (Å²) < 4.78 is 18.0. The standard InChI is InChI=1S/C21H15FN2O5S/c1-29-21(26)19-17(14-6-8-15(22)9-7-14)12-30-20(19)23-18(25)10-5-13-3-2-4-16(11-13)24(27)28/h2-12H,1H3,(H,23,25). The molecule has 152 valence electrons. The number of thiophene rings is 1. The van der Waals surface area contributed by atoms with E-state index in [2.05, 4.69) is 5.32 Å². The lowest BCUT2D eigenvalue weighted by Crippen LogP contribution is -2.11. The number of halogens is 1. The van der Waals surface area contributed by atoms with Crippen molar-refractivity contribution in [2.24, 2.45) is 0 Å². The van der Waals surface area contributed by atoms with Crippen molar-refractivity contribution in [2.45, 2.75) is 0 Å². The van der Waals surface area contributed by atoms with Gasteiger partial charge in [0, 0.05) is 29.2 Å². The minimum absolute atomic E-state index is 0.0901. The van der Waals surface area contributed by atoms with Crippen LogP contribution >= 0.6 is 11.3 Å². The molecule has 0 bridgehead atoms. The van der Waals surface area contributed by atoms with Crippen molar-refractivity contribution in [2.75, 3.05) is 12.4 Å². The highest BCUT2D eigenvalue weighted by Gasteiger charge is 2.22. The Kier molecular flexibility index (Phi) is 6.33. The summed E-state index contributed by atoms with van der Waals surface area (Å²) in [5, 5.41) is 15.4. The van der Waals surface area contributed by atoms with Gasteiger partial charge in [-0.25, -0.2) is 9.18 Å². The normalized spacial score (nSPS) is 10.7. The van der Waals surface area contributed by atoms with Crippen molar-refractivity contribution < 1.29 is 23.6 Å². The zero-order valence-electron chi connectivity index (χ0n) is 15.6. The van der Waals surface area contributed by atoms with Crippen LogP contribution in [0.5, 0.6) is 0 Å². The number of carbonyl (C=O) groups excluding carboxylic acids is 2. The van der Waals surface area contributed by atoms with Gasteiger partial charge in [-0.15, -0.1) is 11.3 Å². The third kappa shape index (κ3) is 4.76. The van der Waals surface area contributed by atoms with E-state index in [1.165, 1.54) is 61.7 Å². The number of nitrogens with zero attached hydrogens (tertiary/aromatic N) is 1. The summed E-state index contributed by atoms with van der Waals surface area (Å²) in [5.41, 5.74) is 1.65. The molecule has 7 nitrogen and oxygen atoms in total. The fourth-order valence-corrected chi connectivity index (χ4v) is 3.62. The zero-order valence-corrected chi connectivity index (χ0v) is 16.4. The maximum Gasteiger partial charge on any atom is 0.341 e. The highest BCUT2D eigenvalue weighted by atomic mass is 32.1. The molecule has 3 aromatic rings. The third-order valence-corrected chi connectivity index (χ3v) is 4.98. The number of hydrogen-bond acceptors (Lipinski definition) is 6. The van der Waals surface area contributed by atoms with Crippen LogP contribution in [0.25, 0.3) is 17.2 Å². The van der Waals surface area contributed by atoms with E-state index in [1.54, 1.807) is 11.4 Å². The summed E-state index contributed by atoms with van der Waals surface area (Å²) in [7, 11) is 1.22. The highest BCUT2D eigenvalue weighted by molar-refractivity contribution is 7.15. The molecule has 9 heteroatoms. The number of methoxy groups -OCH3 is 1. The average molecular weight is 426 g/mol. The van der Waals surface area contributed by atoms with Crippen LogP contribution in [-0.4, -0.2) is 23.9 Å². The average Bonchev–Trinajstić information content (AvgIpc) is 3.15. The molecular formula is C21H15FN2O5S. The summed E-state index contributed by atoms with van der Waals surface area (Å²) in [5.74, 6) is -1.58. The first kappa shape index (κ1) is 20.9. The van der Waals surface area contributed by atoms with Gasteiger partial charge in [0.05, 0.1) is 12.0 Å². The van der Waals surface area contributed by atoms with Crippen LogP contribution in [0.2, 0.25) is 0 Å². The number of hydrogen-bond donors (Lipinski definition) is 1. The Morgan fingerprint density at radius 3 is 2.60 bits per heavy atom. The number of nitro groups is 1. The second-order valence-corrected chi connectivity index (χ2v) is 6.91. The number of carbonyl (C=O) groups is 2. The van der Waals surface area contributed by atoms with E-state index in [9.17, 15) is 24.1 Å². The Morgan fingerprint density at radius 2 is 1.93 bits per heavy atom. The lowest BCUT2D eigenvalue weighted by atomic mass is 10.0. The van der Waals surface area contributed by atoms with Crippen LogP contribution in [0, 0.1) is 15.9 Å². The molecule has 0 saturated heterocycles. The summed E-state index contributed by atoms with van der Waals surface area (Å²) >= 11 is 1.13. The van der Waals surface area contributed by atoms with Gasteiger partial charge in [-0.2, -0.15) is 0 Å². The lowest BCUT2D eigenvalue weighted by molar-refractivity contribution is -0.384. The number of non-ortho nitro benzene ring substituents is 1. The smallest absolute Gasteiger partial charge is 0.341 e. The molecule has 0 unspecified atom stereocenters. The van der Waals surface area contributed by atoms with Gasteiger partial charge in [-0.1, -0.05) is 24.3 Å². The number of ether oxygens (including phenoxy) is 1. The van der Waals surface area contributed by atoms with Gasteiger partial charge in [0.25, 0.3) is 5.69 Å². The first-order valence-corrected chi connectivity index (χ1v) is 9.46. The van der Waals surface area contributed by atoms with Crippen molar-refractivity contribution in [3.05, 3.63) is 87.0 Å². The number of benzene rings is 2. The highest BCUT2D eigenvalue weighted by Crippen LogP contribution is 2.36. The molecule has 1 N–H and O–H groups in total. The fraction of sp³-hybridized carbons (Fsp3) is 0.0476. The molecule has 0 aliphatic heterocycles. The van der Waals surface area contributed by atoms with Gasteiger partial charge >= 0.3 is 5.97 Å². The Labute approximate surface area is 174 Å². The predicted octanol–water partition coefficient (Wildman–Crippen LogP) is 4.90. The van der Waals surface area contributed by atoms with E-state index in [0.29, 0.717) is 16.7 Å². The number of esters is 1. The molecular weight excluding hydrogens is 411 g/mol. The van der Waals surface area contributed by atoms with Crippen molar-refractivity contribution in [1.82, 2.24) is 0 Å². The Balaban J connectivity index is 1.84. The first-order chi connectivity index (χ1) is 14.4. The molecule has 0 spiro atoms. The number of nitrogens with one attached hydrogen (secondary N) is 1. The van der Waals surface area contributed by atoms with Gasteiger partial charge in [0.2, 0.25) is 5.91 Å². The van der Waals surface area contributed by atoms with Gasteiger partial charge < -0.3 is 10.1 Å². The second-order valence-electron chi connectivity index (χ2n) is 6.03. The van der Waals surface area contributed by atoms with Gasteiger partial charge in [0.15, 0.2) is 0 Å². The van der Waals surface area contributed by atoms with Gasteiger partial charge in [-0.05, 0) is 29.3 Å². The molecule has 2 aromatic carbocycles. The van der Waals surface area contributed by atoms with E-state index < -0.39 is 22.6 Å². The van der Waals surface area contributed by atoms with Crippen molar-refractivity contribution >= 4 is 40.0 Å². The van der Waals surface area contributed by atoms with Crippen LogP contribution in [-0.2, 0) is 9.53 Å². The number of anilines is 1. The first-order valence-electron chi connectivity index (χ1n) is 8.58. The number of rotatable bonds is 6. The van der Waals surface area contributed by atoms with Crippen LogP contribution < -0.4 is 5.32 Å². The molecule has 0 fully saturated rings. The van der Waals surface area contributed by atoms with Gasteiger partial charge in [0.1, 0.15) is 16.4 Å². The van der Waals surface area contributed by atoms with Crippen molar-refractivity contribution in [3.8, 4) is 11.1 Å². The quantitative estimate of drug-likeness (QED) is 0.262. The van der Waals surface area contributed by atoms with E-state index in [-0.39, 0.29) is 16.3 Å². The Morgan fingerprint density at radius 1 is 1.20 bits per heavy atom. The molecule has 30 heavy (non-hydrogen) atoms. The lowest BCUT2D eigenvalue weighted by Gasteiger charge is -2.06. The van der Waals surface area contributed by atoms with Crippen LogP contribution in [0.3, 0.4) is 0 Å². The largest absolute Gasteiger partial charge is 0.465 e. The molecule has 3 rings (SSSR count). The molecule has 0 radical (unpaired) electrons. The van der Waals surface area contributed by atoms with Crippen molar-refractivity contribution in [1.29, 1.82) is 0 Å². The number of amides is 1. The maximum atomic E-state index is 13.2.